The van der Waals surface area contributed by atoms with Crippen LogP contribution in [-0.4, -0.2) is 39.2 Å². The largest absolute Gasteiger partial charge is 0.402 e. The highest BCUT2D eigenvalue weighted by Gasteiger charge is 2.59. The summed E-state index contributed by atoms with van der Waals surface area (Å²) in [5.41, 5.74) is -4.13. The molecule has 2 aromatic rings. The van der Waals surface area contributed by atoms with Gasteiger partial charge in [0, 0.05) is 6.54 Å². The van der Waals surface area contributed by atoms with E-state index < -0.39 is 22.8 Å². The van der Waals surface area contributed by atoms with Crippen LogP contribution in [-0.2, 0) is 5.41 Å². The minimum absolute atomic E-state index is 0.171. The van der Waals surface area contributed by atoms with Crippen LogP contribution in [0, 0.1) is 0 Å². The molecule has 108 valence electrons. The Bertz CT molecular complexity index is 766. The van der Waals surface area contributed by atoms with Crippen LogP contribution in [0.3, 0.4) is 0 Å². The van der Waals surface area contributed by atoms with Crippen LogP contribution in [0.25, 0.3) is 11.2 Å². The summed E-state index contributed by atoms with van der Waals surface area (Å²) >= 11 is 0. The molecule has 3 heterocycles. The van der Waals surface area contributed by atoms with Crippen molar-refractivity contribution in [3.05, 3.63) is 26.7 Å². The van der Waals surface area contributed by atoms with Gasteiger partial charge in [-0.05, 0) is 13.0 Å². The number of imidazole rings is 1. The lowest BCUT2D eigenvalue weighted by molar-refractivity contribution is -0.186. The summed E-state index contributed by atoms with van der Waals surface area (Å²) in [6.07, 6.45) is -4.70. The molecule has 1 aliphatic rings. The fourth-order valence-corrected chi connectivity index (χ4v) is 2.43. The predicted octanol–water partition coefficient (Wildman–Crippen LogP) is -0.267. The van der Waals surface area contributed by atoms with Gasteiger partial charge in [-0.2, -0.15) is 13.2 Å². The second kappa shape index (κ2) is 3.95. The highest BCUT2D eigenvalue weighted by atomic mass is 19.4. The summed E-state index contributed by atoms with van der Waals surface area (Å²) in [4.78, 5) is 32.9. The second-order valence-corrected chi connectivity index (χ2v) is 4.72. The molecule has 3 rings (SSSR count). The maximum atomic E-state index is 13.4. The van der Waals surface area contributed by atoms with Gasteiger partial charge in [0.1, 0.15) is 16.8 Å². The van der Waals surface area contributed by atoms with Gasteiger partial charge >= 0.3 is 11.9 Å². The van der Waals surface area contributed by atoms with Gasteiger partial charge in [0.25, 0.3) is 5.56 Å². The number of H-pyrrole nitrogens is 3. The minimum atomic E-state index is -4.52. The molecule has 0 spiro atoms. The van der Waals surface area contributed by atoms with Crippen LogP contribution < -0.4 is 16.6 Å². The number of alkyl halides is 3. The van der Waals surface area contributed by atoms with Crippen LogP contribution in [0.1, 0.15) is 12.2 Å². The van der Waals surface area contributed by atoms with E-state index in [0.717, 1.165) is 0 Å². The molecule has 2 aromatic heterocycles. The summed E-state index contributed by atoms with van der Waals surface area (Å²) in [5.74, 6) is -0.364. The monoisotopic (exact) mass is 289 g/mol. The zero-order valence-corrected chi connectivity index (χ0v) is 10.0. The molecule has 0 amide bonds. The van der Waals surface area contributed by atoms with Crippen molar-refractivity contribution in [2.45, 2.75) is 18.0 Å². The Labute approximate surface area is 108 Å². The zero-order chi connectivity index (χ0) is 14.5. The third-order valence-electron chi connectivity index (χ3n) is 3.54. The molecule has 0 radical (unpaired) electrons. The molecular weight excluding hydrogens is 279 g/mol. The van der Waals surface area contributed by atoms with Gasteiger partial charge < -0.3 is 10.3 Å². The number of aromatic nitrogens is 4. The van der Waals surface area contributed by atoms with Crippen LogP contribution in [0.4, 0.5) is 13.2 Å². The van der Waals surface area contributed by atoms with Gasteiger partial charge in [0.2, 0.25) is 0 Å². The van der Waals surface area contributed by atoms with E-state index in [-0.39, 0.29) is 36.5 Å². The van der Waals surface area contributed by atoms with E-state index in [1.807, 2.05) is 4.98 Å². The van der Waals surface area contributed by atoms with Crippen LogP contribution in [0.15, 0.2) is 9.59 Å². The number of hydrogen-bond acceptors (Lipinski definition) is 4. The quantitative estimate of drug-likeness (QED) is 0.580. The number of rotatable bonds is 1. The molecule has 10 heteroatoms. The Morgan fingerprint density at radius 2 is 1.90 bits per heavy atom. The molecule has 0 aliphatic carbocycles. The van der Waals surface area contributed by atoms with E-state index in [1.165, 1.54) is 0 Å². The highest BCUT2D eigenvalue weighted by Crippen LogP contribution is 2.44. The van der Waals surface area contributed by atoms with Gasteiger partial charge in [-0.1, -0.05) is 0 Å². The highest BCUT2D eigenvalue weighted by molar-refractivity contribution is 5.69. The average molecular weight is 289 g/mol. The first-order valence-corrected chi connectivity index (χ1v) is 5.84. The molecule has 1 fully saturated rings. The van der Waals surface area contributed by atoms with Crippen molar-refractivity contribution in [3.8, 4) is 0 Å². The fourth-order valence-electron chi connectivity index (χ4n) is 2.43. The number of halogens is 3. The first kappa shape index (κ1) is 12.9. The Balaban J connectivity index is 2.26. The molecular formula is C10H10F3N5O2. The molecule has 1 atom stereocenters. The van der Waals surface area contributed by atoms with Gasteiger partial charge in [0.05, 0.1) is 0 Å². The van der Waals surface area contributed by atoms with E-state index in [4.69, 9.17) is 0 Å². The number of fused-ring (bicyclic) bond motifs is 1. The number of nitrogens with zero attached hydrogens (tertiary/aromatic N) is 1. The van der Waals surface area contributed by atoms with Crippen molar-refractivity contribution in [1.82, 2.24) is 25.3 Å². The molecule has 0 aromatic carbocycles. The summed E-state index contributed by atoms with van der Waals surface area (Å²) in [6.45, 7) is -0.123. The van der Waals surface area contributed by atoms with Crippen molar-refractivity contribution in [3.63, 3.8) is 0 Å². The lowest BCUT2D eigenvalue weighted by Gasteiger charge is -2.28. The smallest absolute Gasteiger partial charge is 0.335 e. The van der Waals surface area contributed by atoms with E-state index in [2.05, 4.69) is 20.3 Å². The predicted molar refractivity (Wildman–Crippen MR) is 62.6 cm³/mol. The van der Waals surface area contributed by atoms with Crippen molar-refractivity contribution in [2.24, 2.45) is 0 Å². The summed E-state index contributed by atoms with van der Waals surface area (Å²) in [7, 11) is 0. The number of aromatic amines is 3. The van der Waals surface area contributed by atoms with E-state index in [1.54, 1.807) is 0 Å². The number of hydrogen-bond donors (Lipinski definition) is 4. The first-order chi connectivity index (χ1) is 9.33. The summed E-state index contributed by atoms with van der Waals surface area (Å²) in [5, 5.41) is 2.65. The molecule has 1 saturated heterocycles. The zero-order valence-electron chi connectivity index (χ0n) is 10.0. The van der Waals surface area contributed by atoms with Crippen LogP contribution >= 0.6 is 0 Å². The number of nitrogens with one attached hydrogen (secondary N) is 4. The lowest BCUT2D eigenvalue weighted by atomic mass is 9.85. The molecule has 1 unspecified atom stereocenters. The Kier molecular flexibility index (Phi) is 2.55. The van der Waals surface area contributed by atoms with E-state index >= 15 is 0 Å². The molecule has 7 nitrogen and oxygen atoms in total. The topological polar surface area (TPSA) is 106 Å². The van der Waals surface area contributed by atoms with Crippen LogP contribution in [0.2, 0.25) is 0 Å². The van der Waals surface area contributed by atoms with E-state index in [0.29, 0.717) is 0 Å². The van der Waals surface area contributed by atoms with Crippen molar-refractivity contribution < 1.29 is 13.2 Å². The molecule has 4 N–H and O–H groups in total. The average Bonchev–Trinajstić information content (AvgIpc) is 2.92. The SMILES string of the molecule is O=c1[nH]c(=O)c2[nH]c(C3(C(F)(F)F)CCNC3)nc2[nH]1. The molecule has 1 aliphatic heterocycles. The van der Waals surface area contributed by atoms with Gasteiger partial charge in [-0.3, -0.25) is 14.8 Å². The van der Waals surface area contributed by atoms with Gasteiger partial charge in [-0.25, -0.2) is 9.78 Å². The van der Waals surface area contributed by atoms with E-state index in [9.17, 15) is 22.8 Å². The first-order valence-electron chi connectivity index (χ1n) is 5.84. The fraction of sp³-hybridized carbons (Fsp3) is 0.500. The molecule has 20 heavy (non-hydrogen) atoms. The minimum Gasteiger partial charge on any atom is -0.335 e. The van der Waals surface area contributed by atoms with Gasteiger partial charge in [-0.15, -0.1) is 0 Å². The third-order valence-corrected chi connectivity index (χ3v) is 3.54. The molecule has 0 saturated carbocycles. The Hall–Kier alpha value is -2.10. The molecule has 0 bridgehead atoms. The Morgan fingerprint density at radius 1 is 1.15 bits per heavy atom. The second-order valence-electron chi connectivity index (χ2n) is 4.72. The maximum Gasteiger partial charge on any atom is 0.402 e. The lowest BCUT2D eigenvalue weighted by Crippen LogP contribution is -2.45. The maximum absolute atomic E-state index is 13.4. The van der Waals surface area contributed by atoms with Crippen molar-refractivity contribution in [2.75, 3.05) is 13.1 Å². The van der Waals surface area contributed by atoms with Gasteiger partial charge in [0.15, 0.2) is 5.65 Å². The summed E-state index contributed by atoms with van der Waals surface area (Å²) in [6, 6.07) is 0. The summed E-state index contributed by atoms with van der Waals surface area (Å²) < 4.78 is 40.1. The van der Waals surface area contributed by atoms with Crippen molar-refractivity contribution >= 4 is 11.2 Å². The Morgan fingerprint density at radius 3 is 2.50 bits per heavy atom. The van der Waals surface area contributed by atoms with Crippen LogP contribution in [0.5, 0.6) is 0 Å². The standard InChI is InChI=1S/C10H10F3N5O2/c11-10(12,13)9(1-2-14-3-9)7-15-4-5(16-7)17-8(20)18-6(4)19/h14H,1-3H2,(H3,15,16,17,18,19,20). The normalized spacial score (nSPS) is 23.6. The third kappa shape index (κ3) is 1.68. The van der Waals surface area contributed by atoms with Crippen molar-refractivity contribution in [1.29, 1.82) is 0 Å².